The van der Waals surface area contributed by atoms with E-state index in [1.165, 1.54) is 12.0 Å². The number of rotatable bonds is 3. The van der Waals surface area contributed by atoms with E-state index >= 15 is 0 Å². The summed E-state index contributed by atoms with van der Waals surface area (Å²) in [5.41, 5.74) is 3.45. The van der Waals surface area contributed by atoms with E-state index in [4.69, 9.17) is 39.5 Å². The summed E-state index contributed by atoms with van der Waals surface area (Å²) in [5, 5.41) is 12.3. The standard InChI is InChI=1S/C22H18Cl3NO3/c1-29-22(28)11-15(13-5-2-3-6-16(13)23)14-9-10-20(27)26(19(14)12-22)21-17(24)7-4-8-18(21)25/h2-8,12,28H,9-11H2,1H3. The zero-order valence-electron chi connectivity index (χ0n) is 15.6. The van der Waals surface area contributed by atoms with Gasteiger partial charge in [-0.15, -0.1) is 0 Å². The summed E-state index contributed by atoms with van der Waals surface area (Å²) in [6.45, 7) is 0. The Kier molecular flexibility index (Phi) is 5.49. The predicted octanol–water partition coefficient (Wildman–Crippen LogP) is 5.85. The highest BCUT2D eigenvalue weighted by atomic mass is 35.5. The SMILES string of the molecule is COC1(O)C=C2C(=C(c3ccccc3Cl)C1)CCC(=O)N2c1c(Cl)cccc1Cl. The molecule has 4 nitrogen and oxygen atoms in total. The normalized spacial score (nSPS) is 21.9. The third kappa shape index (κ3) is 3.60. The van der Waals surface area contributed by atoms with Gasteiger partial charge in [-0.2, -0.15) is 0 Å². The van der Waals surface area contributed by atoms with Crippen LogP contribution in [0, 0.1) is 0 Å². The maximum Gasteiger partial charge on any atom is 0.231 e. The number of nitrogens with zero attached hydrogens (tertiary/aromatic N) is 1. The van der Waals surface area contributed by atoms with Gasteiger partial charge in [-0.05, 0) is 47.4 Å². The second-order valence-electron chi connectivity index (χ2n) is 6.99. The number of carbonyl (C=O) groups excluding carboxylic acids is 1. The van der Waals surface area contributed by atoms with E-state index in [-0.39, 0.29) is 18.7 Å². The number of piperidine rings is 1. The third-order valence-corrected chi connectivity index (χ3v) is 6.20. The summed E-state index contributed by atoms with van der Waals surface area (Å²) in [7, 11) is 1.42. The van der Waals surface area contributed by atoms with E-state index in [0.29, 0.717) is 32.9 Å². The molecule has 1 aliphatic carbocycles. The number of benzene rings is 2. The summed E-state index contributed by atoms with van der Waals surface area (Å²) in [6, 6.07) is 12.5. The summed E-state index contributed by atoms with van der Waals surface area (Å²) in [6.07, 6.45) is 2.57. The molecule has 2 aromatic carbocycles. The Bertz CT molecular complexity index is 1040. The van der Waals surface area contributed by atoms with E-state index in [0.717, 1.165) is 16.7 Å². The van der Waals surface area contributed by atoms with Gasteiger partial charge in [-0.25, -0.2) is 0 Å². The largest absolute Gasteiger partial charge is 0.362 e. The van der Waals surface area contributed by atoms with Crippen molar-refractivity contribution in [3.8, 4) is 0 Å². The molecular formula is C22H18Cl3NO3. The van der Waals surface area contributed by atoms with Gasteiger partial charge in [0, 0.05) is 25.0 Å². The molecule has 0 aromatic heterocycles. The number of carbonyl (C=O) groups is 1. The lowest BCUT2D eigenvalue weighted by molar-refractivity contribution is -0.142. The van der Waals surface area contributed by atoms with Crippen LogP contribution in [-0.4, -0.2) is 23.9 Å². The van der Waals surface area contributed by atoms with Crippen molar-refractivity contribution in [1.82, 2.24) is 0 Å². The number of methoxy groups -OCH3 is 1. The Morgan fingerprint density at radius 3 is 2.28 bits per heavy atom. The van der Waals surface area contributed by atoms with Crippen LogP contribution in [0.1, 0.15) is 24.8 Å². The highest BCUT2D eigenvalue weighted by molar-refractivity contribution is 6.40. The van der Waals surface area contributed by atoms with Crippen molar-refractivity contribution in [3.05, 3.63) is 80.4 Å². The first-order chi connectivity index (χ1) is 13.8. The number of amides is 1. The highest BCUT2D eigenvalue weighted by Gasteiger charge is 2.40. The lowest BCUT2D eigenvalue weighted by Crippen LogP contribution is -2.41. The fourth-order valence-electron chi connectivity index (χ4n) is 3.87. The van der Waals surface area contributed by atoms with Crippen LogP contribution in [0.2, 0.25) is 15.1 Å². The molecule has 2 aromatic rings. The highest BCUT2D eigenvalue weighted by Crippen LogP contribution is 2.48. The molecule has 4 rings (SSSR count). The zero-order chi connectivity index (χ0) is 20.8. The van der Waals surface area contributed by atoms with Crippen LogP contribution in [-0.2, 0) is 9.53 Å². The number of hydrogen-bond acceptors (Lipinski definition) is 3. The number of anilines is 1. The van der Waals surface area contributed by atoms with Crippen molar-refractivity contribution >= 4 is 52.0 Å². The van der Waals surface area contributed by atoms with Gasteiger partial charge >= 0.3 is 0 Å². The average molecular weight is 451 g/mol. The van der Waals surface area contributed by atoms with Gasteiger partial charge in [0.25, 0.3) is 0 Å². The Balaban J connectivity index is 1.97. The fourth-order valence-corrected chi connectivity index (χ4v) is 4.68. The summed E-state index contributed by atoms with van der Waals surface area (Å²) < 4.78 is 5.40. The monoisotopic (exact) mass is 449 g/mol. The van der Waals surface area contributed by atoms with Gasteiger partial charge in [0.05, 0.1) is 21.4 Å². The summed E-state index contributed by atoms with van der Waals surface area (Å²) in [4.78, 5) is 14.4. The van der Waals surface area contributed by atoms with Crippen molar-refractivity contribution in [2.45, 2.75) is 25.0 Å². The molecule has 1 N–H and O–H groups in total. The van der Waals surface area contributed by atoms with Crippen molar-refractivity contribution < 1.29 is 14.6 Å². The molecule has 7 heteroatoms. The van der Waals surface area contributed by atoms with Crippen LogP contribution < -0.4 is 4.90 Å². The van der Waals surface area contributed by atoms with Gasteiger partial charge in [-0.1, -0.05) is 59.1 Å². The van der Waals surface area contributed by atoms with Gasteiger partial charge in [-0.3, -0.25) is 9.69 Å². The molecule has 2 aliphatic rings. The van der Waals surface area contributed by atoms with Crippen molar-refractivity contribution in [2.75, 3.05) is 12.0 Å². The second-order valence-corrected chi connectivity index (χ2v) is 8.21. The number of fused-ring (bicyclic) bond motifs is 1. The Labute approximate surface area is 183 Å². The molecule has 1 heterocycles. The van der Waals surface area contributed by atoms with E-state index < -0.39 is 5.79 Å². The molecule has 1 atom stereocenters. The van der Waals surface area contributed by atoms with E-state index in [2.05, 4.69) is 0 Å². The molecule has 29 heavy (non-hydrogen) atoms. The number of halogens is 3. The zero-order valence-corrected chi connectivity index (χ0v) is 17.9. The summed E-state index contributed by atoms with van der Waals surface area (Å²) >= 11 is 19.3. The van der Waals surface area contributed by atoms with Gasteiger partial charge in [0.2, 0.25) is 5.91 Å². The Morgan fingerprint density at radius 1 is 0.966 bits per heavy atom. The first-order valence-electron chi connectivity index (χ1n) is 9.09. The molecule has 0 spiro atoms. The number of hydrogen-bond donors (Lipinski definition) is 1. The maximum absolute atomic E-state index is 13.0. The molecule has 1 fully saturated rings. The topological polar surface area (TPSA) is 49.8 Å². The molecule has 1 saturated heterocycles. The first-order valence-corrected chi connectivity index (χ1v) is 10.2. The molecule has 1 unspecified atom stereocenters. The van der Waals surface area contributed by atoms with Gasteiger partial charge in [0.1, 0.15) is 0 Å². The lowest BCUT2D eigenvalue weighted by Gasteiger charge is -2.40. The van der Waals surface area contributed by atoms with Crippen LogP contribution >= 0.6 is 34.8 Å². The van der Waals surface area contributed by atoms with Crippen LogP contribution in [0.4, 0.5) is 5.69 Å². The minimum atomic E-state index is -1.60. The molecule has 1 amide bonds. The minimum absolute atomic E-state index is 0.158. The Hall–Kier alpha value is -1.82. The molecule has 0 saturated carbocycles. The van der Waals surface area contributed by atoms with Crippen LogP contribution in [0.25, 0.3) is 5.57 Å². The molecule has 0 bridgehead atoms. The minimum Gasteiger partial charge on any atom is -0.362 e. The van der Waals surface area contributed by atoms with E-state index in [1.54, 1.807) is 30.3 Å². The number of para-hydroxylation sites is 1. The maximum atomic E-state index is 13.0. The predicted molar refractivity (Wildman–Crippen MR) is 116 cm³/mol. The third-order valence-electron chi connectivity index (χ3n) is 5.26. The van der Waals surface area contributed by atoms with Crippen molar-refractivity contribution in [1.29, 1.82) is 0 Å². The summed E-state index contributed by atoms with van der Waals surface area (Å²) in [5.74, 6) is -1.76. The average Bonchev–Trinajstić information content (AvgIpc) is 2.69. The molecular weight excluding hydrogens is 433 g/mol. The fraction of sp³-hybridized carbons (Fsp3) is 0.227. The number of aliphatic hydroxyl groups is 1. The number of allylic oxidation sites excluding steroid dienone is 1. The van der Waals surface area contributed by atoms with Crippen molar-refractivity contribution in [2.24, 2.45) is 0 Å². The van der Waals surface area contributed by atoms with Crippen LogP contribution in [0.15, 0.2) is 59.8 Å². The molecule has 150 valence electrons. The number of ether oxygens (including phenoxy) is 1. The Morgan fingerprint density at radius 2 is 1.62 bits per heavy atom. The molecule has 0 radical (unpaired) electrons. The van der Waals surface area contributed by atoms with E-state index in [9.17, 15) is 9.90 Å². The van der Waals surface area contributed by atoms with Gasteiger partial charge < -0.3 is 9.84 Å². The van der Waals surface area contributed by atoms with Crippen LogP contribution in [0.3, 0.4) is 0 Å². The molecule has 1 aliphatic heterocycles. The second kappa shape index (κ2) is 7.78. The van der Waals surface area contributed by atoms with Gasteiger partial charge in [0.15, 0.2) is 5.79 Å². The van der Waals surface area contributed by atoms with Crippen LogP contribution in [0.5, 0.6) is 0 Å². The quantitative estimate of drug-likeness (QED) is 0.597. The van der Waals surface area contributed by atoms with Crippen molar-refractivity contribution in [3.63, 3.8) is 0 Å². The lowest BCUT2D eigenvalue weighted by atomic mass is 9.82. The smallest absolute Gasteiger partial charge is 0.231 e. The first kappa shape index (κ1) is 20.5. The van der Waals surface area contributed by atoms with E-state index in [1.807, 2.05) is 18.2 Å².